The molecule has 1 aromatic carbocycles. The first-order valence-electron chi connectivity index (χ1n) is 7.41. The molecule has 0 unspecified atom stereocenters. The van der Waals surface area contributed by atoms with E-state index in [1.54, 1.807) is 0 Å². The smallest absolute Gasteiger partial charge is 0.410 e. The molecule has 0 N–H and O–H groups in total. The first-order valence-corrected chi connectivity index (χ1v) is 7.41. The predicted molar refractivity (Wildman–Crippen MR) is 80.8 cm³/mol. The fraction of sp³-hybridized carbons (Fsp3) is 0.588. The molecule has 1 heterocycles. The van der Waals surface area contributed by atoms with E-state index in [1.165, 1.54) is 5.56 Å². The number of amides is 1. The zero-order valence-electron chi connectivity index (χ0n) is 12.9. The summed E-state index contributed by atoms with van der Waals surface area (Å²) in [5.74, 6) is 0.546. The lowest BCUT2D eigenvalue weighted by molar-refractivity contribution is 0.0103. The van der Waals surface area contributed by atoms with E-state index >= 15 is 0 Å². The van der Waals surface area contributed by atoms with Gasteiger partial charge in [0, 0.05) is 12.6 Å². The minimum atomic E-state index is -0.424. The van der Waals surface area contributed by atoms with Gasteiger partial charge in [0.25, 0.3) is 0 Å². The lowest BCUT2D eigenvalue weighted by atomic mass is 9.86. The molecule has 0 bridgehead atoms. The van der Waals surface area contributed by atoms with Gasteiger partial charge in [0.2, 0.25) is 0 Å². The Morgan fingerprint density at radius 2 is 1.90 bits per heavy atom. The molecule has 0 aliphatic carbocycles. The standard InChI is InChI=1S/C17H25NO2/c1-13-12-15(14-8-6-5-7-9-14)10-11-18(13)16(19)20-17(2,3)4/h5-9,13,15H,10-12H2,1-4H3/t13-,15-/m0/s1. The van der Waals surface area contributed by atoms with Gasteiger partial charge in [-0.15, -0.1) is 0 Å². The topological polar surface area (TPSA) is 29.5 Å². The minimum Gasteiger partial charge on any atom is -0.444 e. The largest absolute Gasteiger partial charge is 0.444 e. The number of piperidine rings is 1. The third-order valence-electron chi connectivity index (χ3n) is 3.78. The number of nitrogens with zero attached hydrogens (tertiary/aromatic N) is 1. The molecule has 1 aliphatic heterocycles. The van der Waals surface area contributed by atoms with Crippen molar-refractivity contribution in [1.82, 2.24) is 4.90 Å². The molecule has 2 atom stereocenters. The maximum Gasteiger partial charge on any atom is 0.410 e. The van der Waals surface area contributed by atoms with Gasteiger partial charge in [-0.1, -0.05) is 30.3 Å². The summed E-state index contributed by atoms with van der Waals surface area (Å²) in [6, 6.07) is 10.8. The van der Waals surface area contributed by atoms with E-state index in [9.17, 15) is 4.79 Å². The molecule has 3 heteroatoms. The number of hydrogen-bond acceptors (Lipinski definition) is 2. The second kappa shape index (κ2) is 5.86. The van der Waals surface area contributed by atoms with E-state index in [0.29, 0.717) is 5.92 Å². The van der Waals surface area contributed by atoms with Crippen LogP contribution in [0, 0.1) is 0 Å². The SMILES string of the molecule is C[C@H]1C[C@@H](c2ccccc2)CCN1C(=O)OC(C)(C)C. The normalized spacial score (nSPS) is 23.5. The molecular formula is C17H25NO2. The van der Waals surface area contributed by atoms with Crippen molar-refractivity contribution in [3.05, 3.63) is 35.9 Å². The number of ether oxygens (including phenoxy) is 1. The first-order chi connectivity index (χ1) is 9.37. The molecule has 1 aromatic rings. The molecule has 0 radical (unpaired) electrons. The fourth-order valence-corrected chi connectivity index (χ4v) is 2.79. The summed E-state index contributed by atoms with van der Waals surface area (Å²) in [7, 11) is 0. The van der Waals surface area contributed by atoms with Crippen LogP contribution in [0.5, 0.6) is 0 Å². The maximum absolute atomic E-state index is 12.2. The van der Waals surface area contributed by atoms with Crippen LogP contribution in [0.25, 0.3) is 0 Å². The van der Waals surface area contributed by atoms with Gasteiger partial charge in [0.1, 0.15) is 5.60 Å². The van der Waals surface area contributed by atoms with Crippen LogP contribution >= 0.6 is 0 Å². The summed E-state index contributed by atoms with van der Waals surface area (Å²) < 4.78 is 5.48. The van der Waals surface area contributed by atoms with E-state index < -0.39 is 5.60 Å². The number of carbonyl (C=O) groups is 1. The van der Waals surface area contributed by atoms with Crippen molar-refractivity contribution in [2.24, 2.45) is 0 Å². The van der Waals surface area contributed by atoms with Crippen molar-refractivity contribution in [3.8, 4) is 0 Å². The van der Waals surface area contributed by atoms with Gasteiger partial charge in [0.05, 0.1) is 0 Å². The Hall–Kier alpha value is -1.51. The van der Waals surface area contributed by atoms with Crippen LogP contribution in [0.2, 0.25) is 0 Å². The monoisotopic (exact) mass is 275 g/mol. The van der Waals surface area contributed by atoms with Crippen molar-refractivity contribution >= 4 is 6.09 Å². The third-order valence-corrected chi connectivity index (χ3v) is 3.78. The Balaban J connectivity index is 1.98. The van der Waals surface area contributed by atoms with Gasteiger partial charge in [-0.2, -0.15) is 0 Å². The zero-order chi connectivity index (χ0) is 14.8. The van der Waals surface area contributed by atoms with Crippen LogP contribution in [0.1, 0.15) is 52.0 Å². The molecular weight excluding hydrogens is 250 g/mol. The Morgan fingerprint density at radius 3 is 2.45 bits per heavy atom. The van der Waals surface area contributed by atoms with Gasteiger partial charge < -0.3 is 9.64 Å². The van der Waals surface area contributed by atoms with E-state index in [2.05, 4.69) is 31.2 Å². The lowest BCUT2D eigenvalue weighted by Gasteiger charge is -2.38. The molecule has 0 aromatic heterocycles. The molecule has 0 saturated carbocycles. The molecule has 1 saturated heterocycles. The number of benzene rings is 1. The molecule has 2 rings (SSSR count). The second-order valence-corrected chi connectivity index (χ2v) is 6.65. The van der Waals surface area contributed by atoms with Crippen molar-refractivity contribution in [2.75, 3.05) is 6.54 Å². The molecule has 110 valence electrons. The zero-order valence-corrected chi connectivity index (χ0v) is 12.9. The fourth-order valence-electron chi connectivity index (χ4n) is 2.79. The van der Waals surface area contributed by atoms with Crippen molar-refractivity contribution in [3.63, 3.8) is 0 Å². The number of likely N-dealkylation sites (tertiary alicyclic amines) is 1. The van der Waals surface area contributed by atoms with Crippen LogP contribution in [-0.2, 0) is 4.74 Å². The Bertz CT molecular complexity index is 450. The highest BCUT2D eigenvalue weighted by Crippen LogP contribution is 2.32. The number of hydrogen-bond donors (Lipinski definition) is 0. The second-order valence-electron chi connectivity index (χ2n) is 6.65. The summed E-state index contributed by atoms with van der Waals surface area (Å²) in [6.45, 7) is 8.61. The number of rotatable bonds is 1. The van der Waals surface area contributed by atoms with Crippen LogP contribution in [0.3, 0.4) is 0 Å². The van der Waals surface area contributed by atoms with Crippen LogP contribution in [-0.4, -0.2) is 29.2 Å². The van der Waals surface area contributed by atoms with Gasteiger partial charge in [0.15, 0.2) is 0 Å². The lowest BCUT2D eigenvalue weighted by Crippen LogP contribution is -2.46. The highest BCUT2D eigenvalue weighted by Gasteiger charge is 2.32. The number of carbonyl (C=O) groups excluding carboxylic acids is 1. The summed E-state index contributed by atoms with van der Waals surface area (Å²) in [6.07, 6.45) is 1.83. The van der Waals surface area contributed by atoms with Crippen molar-refractivity contribution < 1.29 is 9.53 Å². The van der Waals surface area contributed by atoms with E-state index in [0.717, 1.165) is 19.4 Å². The summed E-state index contributed by atoms with van der Waals surface area (Å²) in [4.78, 5) is 14.0. The quantitative estimate of drug-likeness (QED) is 0.769. The van der Waals surface area contributed by atoms with Crippen LogP contribution < -0.4 is 0 Å². The van der Waals surface area contributed by atoms with Gasteiger partial charge in [-0.25, -0.2) is 4.79 Å². The Labute approximate surface area is 121 Å². The molecule has 3 nitrogen and oxygen atoms in total. The highest BCUT2D eigenvalue weighted by atomic mass is 16.6. The average molecular weight is 275 g/mol. The molecule has 1 amide bonds. The van der Waals surface area contributed by atoms with E-state index in [-0.39, 0.29) is 12.1 Å². The van der Waals surface area contributed by atoms with Crippen molar-refractivity contribution in [1.29, 1.82) is 0 Å². The molecule has 20 heavy (non-hydrogen) atoms. The van der Waals surface area contributed by atoms with E-state index in [4.69, 9.17) is 4.74 Å². The highest BCUT2D eigenvalue weighted by molar-refractivity contribution is 5.68. The predicted octanol–water partition coefficient (Wildman–Crippen LogP) is 4.19. The average Bonchev–Trinajstić information content (AvgIpc) is 2.37. The van der Waals surface area contributed by atoms with Gasteiger partial charge in [-0.3, -0.25) is 0 Å². The third kappa shape index (κ3) is 3.75. The minimum absolute atomic E-state index is 0.184. The summed E-state index contributed by atoms with van der Waals surface area (Å²) in [5.41, 5.74) is 0.954. The Kier molecular flexibility index (Phi) is 4.36. The van der Waals surface area contributed by atoms with Gasteiger partial charge >= 0.3 is 6.09 Å². The molecule has 0 spiro atoms. The summed E-state index contributed by atoms with van der Waals surface area (Å²) >= 11 is 0. The van der Waals surface area contributed by atoms with Gasteiger partial charge in [-0.05, 0) is 52.0 Å². The summed E-state index contributed by atoms with van der Waals surface area (Å²) in [5, 5.41) is 0. The maximum atomic E-state index is 12.2. The molecule has 1 fully saturated rings. The van der Waals surface area contributed by atoms with Crippen molar-refractivity contribution in [2.45, 2.75) is 58.1 Å². The Morgan fingerprint density at radius 1 is 1.25 bits per heavy atom. The molecule has 1 aliphatic rings. The van der Waals surface area contributed by atoms with E-state index in [1.807, 2.05) is 31.7 Å². The van der Waals surface area contributed by atoms with Crippen LogP contribution in [0.4, 0.5) is 4.79 Å². The van der Waals surface area contributed by atoms with Crippen LogP contribution in [0.15, 0.2) is 30.3 Å². The first kappa shape index (κ1) is 14.9.